The Kier molecular flexibility index (Phi) is 3.34. The summed E-state index contributed by atoms with van der Waals surface area (Å²) in [6, 6.07) is 5.57. The number of nitrogens with one attached hydrogen (secondary N) is 1. The van der Waals surface area contributed by atoms with Gasteiger partial charge in [0.15, 0.2) is 0 Å². The van der Waals surface area contributed by atoms with Gasteiger partial charge in [-0.1, -0.05) is 6.92 Å². The summed E-state index contributed by atoms with van der Waals surface area (Å²) < 4.78 is 15.5. The molecule has 2 aromatic rings. The summed E-state index contributed by atoms with van der Waals surface area (Å²) in [6.45, 7) is 2.78. The maximum atomic E-state index is 13.5. The molecule has 100 valence electrons. The summed E-state index contributed by atoms with van der Waals surface area (Å²) >= 11 is 0. The number of hydrogen-bond donors (Lipinski definition) is 1. The van der Waals surface area contributed by atoms with Crippen molar-refractivity contribution in [3.63, 3.8) is 0 Å². The molecular weight excluding hydrogens is 241 g/mol. The zero-order valence-corrected chi connectivity index (χ0v) is 11.1. The van der Waals surface area contributed by atoms with E-state index in [0.717, 1.165) is 23.5 Å². The highest BCUT2D eigenvalue weighted by Crippen LogP contribution is 2.22. The Labute approximate surface area is 112 Å². The van der Waals surface area contributed by atoms with Crippen molar-refractivity contribution in [3.05, 3.63) is 47.8 Å². The predicted molar refractivity (Wildman–Crippen MR) is 72.8 cm³/mol. The average Bonchev–Trinajstić information content (AvgIpc) is 3.13. The summed E-state index contributed by atoms with van der Waals surface area (Å²) in [4.78, 5) is 4.33. The SMILES string of the molecule is CCc1nccn1-c1ccc(F)cc1CNC1CC1. The topological polar surface area (TPSA) is 29.9 Å². The summed E-state index contributed by atoms with van der Waals surface area (Å²) in [5, 5.41) is 3.44. The lowest BCUT2D eigenvalue weighted by Gasteiger charge is -2.13. The molecule has 3 rings (SSSR count). The lowest BCUT2D eigenvalue weighted by Crippen LogP contribution is -2.17. The van der Waals surface area contributed by atoms with E-state index in [-0.39, 0.29) is 5.82 Å². The first kappa shape index (κ1) is 12.4. The van der Waals surface area contributed by atoms with Gasteiger partial charge in [0.1, 0.15) is 11.6 Å². The number of benzene rings is 1. The van der Waals surface area contributed by atoms with E-state index < -0.39 is 0 Å². The molecule has 1 aromatic carbocycles. The second kappa shape index (κ2) is 5.13. The number of hydrogen-bond acceptors (Lipinski definition) is 2. The summed E-state index contributed by atoms with van der Waals surface area (Å²) in [7, 11) is 0. The van der Waals surface area contributed by atoms with E-state index in [0.29, 0.717) is 12.6 Å². The van der Waals surface area contributed by atoms with Crippen LogP contribution in [0.1, 0.15) is 31.2 Å². The molecule has 0 spiro atoms. The smallest absolute Gasteiger partial charge is 0.123 e. The van der Waals surface area contributed by atoms with Gasteiger partial charge in [-0.05, 0) is 36.6 Å². The fourth-order valence-electron chi connectivity index (χ4n) is 2.29. The fourth-order valence-corrected chi connectivity index (χ4v) is 2.29. The number of halogens is 1. The third-order valence-corrected chi connectivity index (χ3v) is 3.49. The summed E-state index contributed by atoms with van der Waals surface area (Å²) in [6.07, 6.45) is 7.05. The van der Waals surface area contributed by atoms with Gasteiger partial charge in [0.25, 0.3) is 0 Å². The van der Waals surface area contributed by atoms with Crippen LogP contribution < -0.4 is 5.32 Å². The van der Waals surface area contributed by atoms with Gasteiger partial charge in [0.05, 0.1) is 5.69 Å². The van der Waals surface area contributed by atoms with Crippen LogP contribution >= 0.6 is 0 Å². The number of nitrogens with zero attached hydrogens (tertiary/aromatic N) is 2. The molecule has 1 heterocycles. The van der Waals surface area contributed by atoms with Crippen molar-refractivity contribution < 1.29 is 4.39 Å². The maximum Gasteiger partial charge on any atom is 0.123 e. The molecule has 1 aromatic heterocycles. The maximum absolute atomic E-state index is 13.5. The number of imidazole rings is 1. The first-order valence-electron chi connectivity index (χ1n) is 6.82. The molecule has 0 aliphatic heterocycles. The molecule has 1 N–H and O–H groups in total. The first-order valence-corrected chi connectivity index (χ1v) is 6.82. The number of rotatable bonds is 5. The molecule has 1 fully saturated rings. The van der Waals surface area contributed by atoms with Crippen LogP contribution in [0.25, 0.3) is 5.69 Å². The second-order valence-electron chi connectivity index (χ2n) is 5.00. The Hall–Kier alpha value is -1.68. The van der Waals surface area contributed by atoms with Gasteiger partial charge < -0.3 is 9.88 Å². The summed E-state index contributed by atoms with van der Waals surface area (Å²) in [5.41, 5.74) is 2.00. The highest BCUT2D eigenvalue weighted by atomic mass is 19.1. The van der Waals surface area contributed by atoms with E-state index in [1.807, 2.05) is 16.8 Å². The largest absolute Gasteiger partial charge is 0.310 e. The van der Waals surface area contributed by atoms with Gasteiger partial charge in [-0.3, -0.25) is 0 Å². The molecule has 0 saturated heterocycles. The highest BCUT2D eigenvalue weighted by molar-refractivity contribution is 5.42. The molecule has 0 bridgehead atoms. The Bertz CT molecular complexity index is 573. The molecule has 3 nitrogen and oxygen atoms in total. The van der Waals surface area contributed by atoms with Crippen LogP contribution in [0.3, 0.4) is 0 Å². The van der Waals surface area contributed by atoms with Crippen LogP contribution in [0.15, 0.2) is 30.6 Å². The van der Waals surface area contributed by atoms with Crippen molar-refractivity contribution in [2.45, 2.75) is 38.8 Å². The molecule has 0 unspecified atom stereocenters. The van der Waals surface area contributed by atoms with Crippen LogP contribution in [-0.2, 0) is 13.0 Å². The van der Waals surface area contributed by atoms with Gasteiger partial charge in [-0.15, -0.1) is 0 Å². The third kappa shape index (κ3) is 2.68. The zero-order chi connectivity index (χ0) is 13.2. The third-order valence-electron chi connectivity index (χ3n) is 3.49. The Morgan fingerprint density at radius 3 is 3.00 bits per heavy atom. The number of aromatic nitrogens is 2. The minimum Gasteiger partial charge on any atom is -0.310 e. The Morgan fingerprint density at radius 1 is 1.42 bits per heavy atom. The van der Waals surface area contributed by atoms with Crippen LogP contribution in [0.2, 0.25) is 0 Å². The lowest BCUT2D eigenvalue weighted by atomic mass is 10.1. The van der Waals surface area contributed by atoms with E-state index >= 15 is 0 Å². The molecule has 19 heavy (non-hydrogen) atoms. The van der Waals surface area contributed by atoms with Crippen molar-refractivity contribution in [2.75, 3.05) is 0 Å². The van der Waals surface area contributed by atoms with Crippen molar-refractivity contribution in [3.8, 4) is 5.69 Å². The highest BCUT2D eigenvalue weighted by Gasteiger charge is 2.21. The molecule has 0 atom stereocenters. The van der Waals surface area contributed by atoms with Gasteiger partial charge in [-0.2, -0.15) is 0 Å². The molecule has 0 amide bonds. The van der Waals surface area contributed by atoms with Crippen molar-refractivity contribution >= 4 is 0 Å². The van der Waals surface area contributed by atoms with Crippen molar-refractivity contribution in [2.24, 2.45) is 0 Å². The van der Waals surface area contributed by atoms with E-state index in [2.05, 4.69) is 17.2 Å². The van der Waals surface area contributed by atoms with E-state index in [1.165, 1.54) is 18.9 Å². The minimum atomic E-state index is -0.186. The Balaban J connectivity index is 1.94. The van der Waals surface area contributed by atoms with Crippen molar-refractivity contribution in [1.29, 1.82) is 0 Å². The fraction of sp³-hybridized carbons (Fsp3) is 0.400. The normalized spacial score (nSPS) is 14.8. The van der Waals surface area contributed by atoms with Crippen LogP contribution in [0.5, 0.6) is 0 Å². The van der Waals surface area contributed by atoms with Crippen LogP contribution in [0, 0.1) is 5.82 Å². The predicted octanol–water partition coefficient (Wildman–Crippen LogP) is 2.83. The van der Waals surface area contributed by atoms with Crippen LogP contribution in [0.4, 0.5) is 4.39 Å². The molecule has 4 heteroatoms. The lowest BCUT2D eigenvalue weighted by molar-refractivity contribution is 0.618. The van der Waals surface area contributed by atoms with Gasteiger partial charge in [0.2, 0.25) is 0 Å². The molecule has 1 aliphatic carbocycles. The van der Waals surface area contributed by atoms with E-state index in [9.17, 15) is 4.39 Å². The summed E-state index contributed by atoms with van der Waals surface area (Å²) in [5.74, 6) is 0.814. The minimum absolute atomic E-state index is 0.186. The molecule has 1 aliphatic rings. The van der Waals surface area contributed by atoms with Crippen LogP contribution in [-0.4, -0.2) is 15.6 Å². The van der Waals surface area contributed by atoms with E-state index in [1.54, 1.807) is 12.3 Å². The number of aryl methyl sites for hydroxylation is 1. The molecule has 0 radical (unpaired) electrons. The quantitative estimate of drug-likeness (QED) is 0.894. The van der Waals surface area contributed by atoms with Gasteiger partial charge >= 0.3 is 0 Å². The Morgan fingerprint density at radius 2 is 2.26 bits per heavy atom. The second-order valence-corrected chi connectivity index (χ2v) is 5.00. The monoisotopic (exact) mass is 259 g/mol. The molecule has 1 saturated carbocycles. The molecular formula is C15H18FN3. The van der Waals surface area contributed by atoms with E-state index in [4.69, 9.17) is 0 Å². The van der Waals surface area contributed by atoms with Crippen molar-refractivity contribution in [1.82, 2.24) is 14.9 Å². The van der Waals surface area contributed by atoms with Gasteiger partial charge in [-0.25, -0.2) is 9.37 Å². The zero-order valence-electron chi connectivity index (χ0n) is 11.1. The first-order chi connectivity index (χ1) is 9.28. The average molecular weight is 259 g/mol. The standard InChI is InChI=1S/C15H18FN3/c1-2-15-17-7-8-19(15)14-6-3-12(16)9-11(14)10-18-13-4-5-13/h3,6-9,13,18H,2,4-5,10H2,1H3. The van der Waals surface area contributed by atoms with Gasteiger partial charge in [0, 0.05) is 31.4 Å².